The van der Waals surface area contributed by atoms with E-state index in [4.69, 9.17) is 5.73 Å². The Bertz CT molecular complexity index is 1020. The molecule has 0 bridgehead atoms. The highest BCUT2D eigenvalue weighted by Crippen LogP contribution is 2.34. The number of hydrogen-bond acceptors (Lipinski definition) is 3. The van der Waals surface area contributed by atoms with Crippen molar-refractivity contribution < 1.29 is 4.79 Å². The van der Waals surface area contributed by atoms with Gasteiger partial charge in [0, 0.05) is 37.6 Å². The van der Waals surface area contributed by atoms with Gasteiger partial charge in [0.05, 0.1) is 5.69 Å². The third kappa shape index (κ3) is 3.77. The molecule has 2 N–H and O–H groups in total. The largest absolute Gasteiger partial charge is 0.398 e. The minimum absolute atomic E-state index is 0.0774. The van der Waals surface area contributed by atoms with Gasteiger partial charge in [0.15, 0.2) is 0 Å². The van der Waals surface area contributed by atoms with Gasteiger partial charge in [-0.3, -0.25) is 9.48 Å². The second-order valence-corrected chi connectivity index (χ2v) is 8.16. The molecule has 150 valence electrons. The SMILES string of the molecule is Cc1ccc(C(=O)N2CC[C@H](c3ccc(-c4ccnn4C)cc3)[C@H](C)C2)cc1N. The van der Waals surface area contributed by atoms with Crippen molar-refractivity contribution in [2.45, 2.75) is 26.2 Å². The first-order chi connectivity index (χ1) is 13.9. The van der Waals surface area contributed by atoms with Gasteiger partial charge >= 0.3 is 0 Å². The minimum atomic E-state index is 0.0774. The summed E-state index contributed by atoms with van der Waals surface area (Å²) in [5.74, 6) is 0.939. The summed E-state index contributed by atoms with van der Waals surface area (Å²) in [6.07, 6.45) is 2.79. The van der Waals surface area contributed by atoms with Crippen LogP contribution in [0.3, 0.4) is 0 Å². The summed E-state index contributed by atoms with van der Waals surface area (Å²) in [5, 5.41) is 4.25. The Morgan fingerprint density at radius 2 is 1.90 bits per heavy atom. The van der Waals surface area contributed by atoms with Crippen LogP contribution >= 0.6 is 0 Å². The molecule has 1 aromatic heterocycles. The fourth-order valence-corrected chi connectivity index (χ4v) is 4.34. The Morgan fingerprint density at radius 3 is 2.52 bits per heavy atom. The maximum Gasteiger partial charge on any atom is 0.253 e. The number of benzene rings is 2. The Morgan fingerprint density at radius 1 is 1.14 bits per heavy atom. The van der Waals surface area contributed by atoms with Crippen molar-refractivity contribution in [3.63, 3.8) is 0 Å². The lowest BCUT2D eigenvalue weighted by atomic mass is 9.81. The van der Waals surface area contributed by atoms with E-state index >= 15 is 0 Å². The molecule has 29 heavy (non-hydrogen) atoms. The third-order valence-electron chi connectivity index (χ3n) is 6.17. The number of aromatic nitrogens is 2. The predicted octanol–water partition coefficient (Wildman–Crippen LogP) is 4.24. The van der Waals surface area contributed by atoms with Crippen molar-refractivity contribution in [2.75, 3.05) is 18.8 Å². The molecule has 1 fully saturated rings. The zero-order chi connectivity index (χ0) is 20.5. The van der Waals surface area contributed by atoms with Crippen molar-refractivity contribution in [1.82, 2.24) is 14.7 Å². The van der Waals surface area contributed by atoms with E-state index in [1.54, 1.807) is 6.07 Å². The fraction of sp³-hybridized carbons (Fsp3) is 0.333. The minimum Gasteiger partial charge on any atom is -0.398 e. The number of nitrogens with two attached hydrogens (primary N) is 1. The van der Waals surface area contributed by atoms with Gasteiger partial charge in [-0.15, -0.1) is 0 Å². The van der Waals surface area contributed by atoms with Crippen LogP contribution in [0.4, 0.5) is 5.69 Å². The van der Waals surface area contributed by atoms with E-state index in [-0.39, 0.29) is 5.91 Å². The highest BCUT2D eigenvalue weighted by Gasteiger charge is 2.30. The number of carbonyl (C=O) groups excluding carboxylic acids is 1. The molecule has 3 aromatic rings. The van der Waals surface area contributed by atoms with Gasteiger partial charge in [-0.1, -0.05) is 37.3 Å². The second-order valence-electron chi connectivity index (χ2n) is 8.16. The number of likely N-dealkylation sites (tertiary alicyclic amines) is 1. The van der Waals surface area contributed by atoms with Crippen LogP contribution in [-0.2, 0) is 7.05 Å². The van der Waals surface area contributed by atoms with Gasteiger partial charge in [0.25, 0.3) is 5.91 Å². The summed E-state index contributed by atoms with van der Waals surface area (Å²) in [7, 11) is 1.96. The number of nitrogens with zero attached hydrogens (tertiary/aromatic N) is 3. The molecule has 2 atom stereocenters. The molecule has 2 aromatic carbocycles. The van der Waals surface area contributed by atoms with Crippen LogP contribution in [0, 0.1) is 12.8 Å². The molecule has 0 saturated carbocycles. The van der Waals surface area contributed by atoms with E-state index in [0.29, 0.717) is 23.1 Å². The zero-order valence-electron chi connectivity index (χ0n) is 17.3. The van der Waals surface area contributed by atoms with Crippen molar-refractivity contribution in [3.05, 3.63) is 71.4 Å². The Hall–Kier alpha value is -3.08. The highest BCUT2D eigenvalue weighted by atomic mass is 16.2. The normalized spacial score (nSPS) is 19.3. The molecular weight excluding hydrogens is 360 g/mol. The van der Waals surface area contributed by atoms with Gasteiger partial charge in [-0.2, -0.15) is 5.10 Å². The maximum absolute atomic E-state index is 12.9. The zero-order valence-corrected chi connectivity index (χ0v) is 17.3. The fourth-order valence-electron chi connectivity index (χ4n) is 4.34. The topological polar surface area (TPSA) is 64.2 Å². The summed E-state index contributed by atoms with van der Waals surface area (Å²) in [6, 6.07) is 16.4. The molecular formula is C24H28N4O. The lowest BCUT2D eigenvalue weighted by Crippen LogP contribution is -2.42. The highest BCUT2D eigenvalue weighted by molar-refractivity contribution is 5.95. The molecule has 1 amide bonds. The van der Waals surface area contributed by atoms with Crippen LogP contribution in [0.1, 0.15) is 40.7 Å². The molecule has 1 aliphatic heterocycles. The van der Waals surface area contributed by atoms with Crippen LogP contribution < -0.4 is 5.73 Å². The number of piperidine rings is 1. The van der Waals surface area contributed by atoms with Gasteiger partial charge in [0.2, 0.25) is 0 Å². The quantitative estimate of drug-likeness (QED) is 0.683. The standard InChI is InChI=1S/C24H28N4O/c1-16-4-5-20(14-22(16)25)24(29)28-13-11-21(17(2)15-28)18-6-8-19(9-7-18)23-10-12-26-27(23)3/h4-10,12,14,17,21H,11,13,15,25H2,1-3H3/t17-,21+/m1/s1. The lowest BCUT2D eigenvalue weighted by molar-refractivity contribution is 0.0661. The molecule has 0 unspecified atom stereocenters. The van der Waals surface area contributed by atoms with Crippen molar-refractivity contribution in [1.29, 1.82) is 0 Å². The first-order valence-electron chi connectivity index (χ1n) is 10.2. The Labute approximate surface area is 172 Å². The number of hydrogen-bond donors (Lipinski definition) is 1. The van der Waals surface area contributed by atoms with Crippen molar-refractivity contribution >= 4 is 11.6 Å². The molecule has 1 aliphatic rings. The first-order valence-corrected chi connectivity index (χ1v) is 10.2. The van der Waals surface area contributed by atoms with Crippen molar-refractivity contribution in [2.24, 2.45) is 13.0 Å². The molecule has 0 spiro atoms. The predicted molar refractivity (Wildman–Crippen MR) is 117 cm³/mol. The van der Waals surface area contributed by atoms with E-state index in [1.807, 2.05) is 47.9 Å². The summed E-state index contributed by atoms with van der Waals surface area (Å²) in [6.45, 7) is 5.73. The van der Waals surface area contributed by atoms with Crippen LogP contribution in [-0.4, -0.2) is 33.7 Å². The average molecular weight is 389 g/mol. The van der Waals surface area contributed by atoms with Crippen LogP contribution in [0.5, 0.6) is 0 Å². The van der Waals surface area contributed by atoms with Gasteiger partial charge in [0.1, 0.15) is 0 Å². The van der Waals surface area contributed by atoms with E-state index in [9.17, 15) is 4.79 Å². The van der Waals surface area contributed by atoms with Crippen LogP contribution in [0.15, 0.2) is 54.7 Å². The number of carbonyl (C=O) groups is 1. The first kappa shape index (κ1) is 19.2. The smallest absolute Gasteiger partial charge is 0.253 e. The Balaban J connectivity index is 1.45. The third-order valence-corrected chi connectivity index (χ3v) is 6.17. The summed E-state index contributed by atoms with van der Waals surface area (Å²) in [5.41, 5.74) is 12.0. The number of nitrogen functional groups attached to an aromatic ring is 1. The molecule has 5 heteroatoms. The molecule has 4 rings (SSSR count). The lowest BCUT2D eigenvalue weighted by Gasteiger charge is -2.37. The summed E-state index contributed by atoms with van der Waals surface area (Å²) < 4.78 is 1.89. The number of anilines is 1. The summed E-state index contributed by atoms with van der Waals surface area (Å²) >= 11 is 0. The molecule has 0 radical (unpaired) electrons. The molecule has 5 nitrogen and oxygen atoms in total. The maximum atomic E-state index is 12.9. The summed E-state index contributed by atoms with van der Waals surface area (Å²) in [4.78, 5) is 14.9. The van der Waals surface area contributed by atoms with E-state index in [1.165, 1.54) is 11.1 Å². The number of amides is 1. The van der Waals surface area contributed by atoms with E-state index < -0.39 is 0 Å². The van der Waals surface area contributed by atoms with Gasteiger partial charge < -0.3 is 10.6 Å². The number of rotatable bonds is 3. The molecule has 2 heterocycles. The second kappa shape index (κ2) is 7.74. The Kier molecular flexibility index (Phi) is 5.14. The van der Waals surface area contributed by atoms with Gasteiger partial charge in [-0.05, 0) is 60.1 Å². The number of aryl methyl sites for hydroxylation is 2. The van der Waals surface area contributed by atoms with E-state index in [0.717, 1.165) is 30.8 Å². The van der Waals surface area contributed by atoms with Gasteiger partial charge in [-0.25, -0.2) is 0 Å². The van der Waals surface area contributed by atoms with Crippen LogP contribution in [0.2, 0.25) is 0 Å². The average Bonchev–Trinajstić information content (AvgIpc) is 3.15. The monoisotopic (exact) mass is 388 g/mol. The van der Waals surface area contributed by atoms with Crippen molar-refractivity contribution in [3.8, 4) is 11.3 Å². The molecule has 0 aliphatic carbocycles. The molecule has 1 saturated heterocycles. The van der Waals surface area contributed by atoms with Crippen LogP contribution in [0.25, 0.3) is 11.3 Å². The van der Waals surface area contributed by atoms with E-state index in [2.05, 4.69) is 36.3 Å².